The molecular formula is C16H28N2OS. The van der Waals surface area contributed by atoms with Crippen LogP contribution in [0.2, 0.25) is 0 Å². The van der Waals surface area contributed by atoms with Gasteiger partial charge in [0.2, 0.25) is 0 Å². The Morgan fingerprint density at radius 3 is 2.95 bits per heavy atom. The Labute approximate surface area is 127 Å². The van der Waals surface area contributed by atoms with Crippen LogP contribution >= 0.6 is 11.3 Å². The Bertz CT molecular complexity index is 416. The van der Waals surface area contributed by atoms with Crippen LogP contribution in [0, 0.1) is 12.8 Å². The van der Waals surface area contributed by atoms with Crippen molar-refractivity contribution in [1.82, 2.24) is 10.3 Å². The van der Waals surface area contributed by atoms with Crippen LogP contribution in [0.15, 0.2) is 5.38 Å². The number of aryl methyl sites for hydroxylation is 1. The molecule has 4 heteroatoms. The maximum absolute atomic E-state index is 6.29. The zero-order chi connectivity index (χ0) is 14.6. The highest BCUT2D eigenvalue weighted by Gasteiger charge is 2.42. The van der Waals surface area contributed by atoms with Gasteiger partial charge in [-0.15, -0.1) is 11.3 Å². The predicted octanol–water partition coefficient (Wildman–Crippen LogP) is 3.57. The maximum Gasteiger partial charge on any atom is 0.0944 e. The molecule has 0 bridgehead atoms. The molecular weight excluding hydrogens is 268 g/mol. The third-order valence-electron chi connectivity index (χ3n) is 4.45. The number of hydrogen-bond donors (Lipinski definition) is 1. The van der Waals surface area contributed by atoms with Crippen LogP contribution in [-0.2, 0) is 11.2 Å². The van der Waals surface area contributed by atoms with Gasteiger partial charge in [0.25, 0.3) is 0 Å². The molecule has 3 unspecified atom stereocenters. The van der Waals surface area contributed by atoms with Gasteiger partial charge in [0, 0.05) is 30.1 Å². The molecule has 0 saturated heterocycles. The van der Waals surface area contributed by atoms with E-state index in [2.05, 4.69) is 43.5 Å². The Morgan fingerprint density at radius 1 is 1.60 bits per heavy atom. The Hall–Kier alpha value is -0.450. The molecule has 3 atom stereocenters. The molecule has 1 heterocycles. The molecule has 1 fully saturated rings. The summed E-state index contributed by atoms with van der Waals surface area (Å²) in [4.78, 5) is 4.63. The molecule has 1 aromatic rings. The van der Waals surface area contributed by atoms with Gasteiger partial charge in [-0.3, -0.25) is 0 Å². The number of rotatable bonds is 6. The first-order valence-electron chi connectivity index (χ1n) is 7.82. The average molecular weight is 296 g/mol. The highest BCUT2D eigenvalue weighted by atomic mass is 32.1. The van der Waals surface area contributed by atoms with Crippen molar-refractivity contribution in [3.63, 3.8) is 0 Å². The molecule has 3 nitrogen and oxygen atoms in total. The molecule has 1 aliphatic rings. The lowest BCUT2D eigenvalue weighted by Gasteiger charge is -2.45. The molecule has 0 aliphatic heterocycles. The van der Waals surface area contributed by atoms with Crippen LogP contribution in [0.3, 0.4) is 0 Å². The third-order valence-corrected chi connectivity index (χ3v) is 5.44. The first-order valence-corrected chi connectivity index (χ1v) is 8.70. The van der Waals surface area contributed by atoms with Crippen LogP contribution in [0.25, 0.3) is 0 Å². The topological polar surface area (TPSA) is 34.1 Å². The summed E-state index contributed by atoms with van der Waals surface area (Å²) in [5, 5.41) is 6.88. The molecule has 1 aliphatic carbocycles. The lowest BCUT2D eigenvalue weighted by atomic mass is 9.73. The minimum Gasteiger partial charge on any atom is -0.374 e. The van der Waals surface area contributed by atoms with Gasteiger partial charge in [0.1, 0.15) is 0 Å². The van der Waals surface area contributed by atoms with Gasteiger partial charge in [-0.1, -0.05) is 19.8 Å². The van der Waals surface area contributed by atoms with E-state index in [0.717, 1.165) is 31.1 Å². The van der Waals surface area contributed by atoms with E-state index in [4.69, 9.17) is 4.74 Å². The molecule has 2 rings (SSSR count). The number of hydrogen-bond acceptors (Lipinski definition) is 4. The normalized spacial score (nSPS) is 28.5. The van der Waals surface area contributed by atoms with Gasteiger partial charge in [-0.05, 0) is 39.7 Å². The molecule has 1 N–H and O–H groups in total. The van der Waals surface area contributed by atoms with Gasteiger partial charge >= 0.3 is 0 Å². The summed E-state index contributed by atoms with van der Waals surface area (Å²) in [5.41, 5.74) is 1.11. The zero-order valence-corrected chi connectivity index (χ0v) is 14.1. The number of nitrogens with zero attached hydrogens (tertiary/aromatic N) is 1. The molecule has 0 spiro atoms. The summed E-state index contributed by atoms with van der Waals surface area (Å²) < 4.78 is 6.29. The van der Waals surface area contributed by atoms with Crippen LogP contribution < -0.4 is 5.32 Å². The van der Waals surface area contributed by atoms with E-state index in [9.17, 15) is 0 Å². The first kappa shape index (κ1) is 15.9. The van der Waals surface area contributed by atoms with Crippen molar-refractivity contribution >= 4 is 11.3 Å². The summed E-state index contributed by atoms with van der Waals surface area (Å²) in [7, 11) is 2.06. The standard InChI is InChI=1S/C16H28N2OS/c1-5-19-16(8-6-7-12(2)10-16)14(17-4)9-15-18-13(3)11-20-15/h11-12,14,17H,5-10H2,1-4H3. The van der Waals surface area contributed by atoms with Crippen molar-refractivity contribution in [1.29, 1.82) is 0 Å². The van der Waals surface area contributed by atoms with Gasteiger partial charge in [0.15, 0.2) is 0 Å². The second-order valence-electron chi connectivity index (χ2n) is 6.13. The van der Waals surface area contributed by atoms with E-state index >= 15 is 0 Å². The number of aromatic nitrogens is 1. The van der Waals surface area contributed by atoms with Crippen LogP contribution in [0.5, 0.6) is 0 Å². The summed E-state index contributed by atoms with van der Waals surface area (Å²) >= 11 is 1.77. The molecule has 0 aromatic carbocycles. The molecule has 20 heavy (non-hydrogen) atoms. The molecule has 1 saturated carbocycles. The second kappa shape index (κ2) is 7.01. The number of ether oxygens (including phenoxy) is 1. The van der Waals surface area contributed by atoms with Gasteiger partial charge < -0.3 is 10.1 Å². The highest BCUT2D eigenvalue weighted by molar-refractivity contribution is 7.09. The van der Waals surface area contributed by atoms with Crippen molar-refractivity contribution in [2.75, 3.05) is 13.7 Å². The van der Waals surface area contributed by atoms with Crippen LogP contribution in [0.1, 0.15) is 50.2 Å². The molecule has 0 amide bonds. The molecule has 0 radical (unpaired) electrons. The van der Waals surface area contributed by atoms with E-state index in [1.165, 1.54) is 24.3 Å². The van der Waals surface area contributed by atoms with Crippen molar-refractivity contribution in [3.05, 3.63) is 16.1 Å². The Balaban J connectivity index is 2.15. The highest BCUT2D eigenvalue weighted by Crippen LogP contribution is 2.38. The minimum atomic E-state index is -0.0132. The van der Waals surface area contributed by atoms with E-state index in [0.29, 0.717) is 6.04 Å². The van der Waals surface area contributed by atoms with E-state index < -0.39 is 0 Å². The van der Waals surface area contributed by atoms with Crippen LogP contribution in [0.4, 0.5) is 0 Å². The van der Waals surface area contributed by atoms with E-state index in [1.54, 1.807) is 11.3 Å². The molecule has 114 valence electrons. The maximum atomic E-state index is 6.29. The fourth-order valence-corrected chi connectivity index (χ4v) is 4.42. The largest absolute Gasteiger partial charge is 0.374 e. The Kier molecular flexibility index (Phi) is 5.58. The summed E-state index contributed by atoms with van der Waals surface area (Å²) in [5.74, 6) is 0.754. The second-order valence-corrected chi connectivity index (χ2v) is 7.07. The van der Waals surface area contributed by atoms with Crippen molar-refractivity contribution < 1.29 is 4.74 Å². The van der Waals surface area contributed by atoms with Gasteiger partial charge in [-0.25, -0.2) is 4.98 Å². The van der Waals surface area contributed by atoms with Crippen molar-refractivity contribution in [3.8, 4) is 0 Å². The van der Waals surface area contributed by atoms with Gasteiger partial charge in [-0.2, -0.15) is 0 Å². The number of likely N-dealkylation sites (N-methyl/N-ethyl adjacent to an activating group) is 1. The quantitative estimate of drug-likeness (QED) is 0.871. The van der Waals surface area contributed by atoms with Crippen molar-refractivity contribution in [2.45, 2.75) is 64.5 Å². The molecule has 1 aromatic heterocycles. The average Bonchev–Trinajstić information content (AvgIpc) is 2.82. The fraction of sp³-hybridized carbons (Fsp3) is 0.812. The fourth-order valence-electron chi connectivity index (χ4n) is 3.60. The smallest absolute Gasteiger partial charge is 0.0944 e. The van der Waals surface area contributed by atoms with E-state index in [-0.39, 0.29) is 5.60 Å². The third kappa shape index (κ3) is 3.60. The summed E-state index contributed by atoms with van der Waals surface area (Å²) in [6.45, 7) is 7.33. The lowest BCUT2D eigenvalue weighted by molar-refractivity contribution is -0.0988. The lowest BCUT2D eigenvalue weighted by Crippen LogP contribution is -2.55. The first-order chi connectivity index (χ1) is 9.59. The Morgan fingerprint density at radius 2 is 2.40 bits per heavy atom. The zero-order valence-electron chi connectivity index (χ0n) is 13.2. The van der Waals surface area contributed by atoms with Crippen molar-refractivity contribution in [2.24, 2.45) is 5.92 Å². The minimum absolute atomic E-state index is 0.0132. The summed E-state index contributed by atoms with van der Waals surface area (Å²) in [6.07, 6.45) is 5.91. The number of thiazole rings is 1. The summed E-state index contributed by atoms with van der Waals surface area (Å²) in [6, 6.07) is 0.357. The van der Waals surface area contributed by atoms with E-state index in [1.807, 2.05) is 0 Å². The van der Waals surface area contributed by atoms with Gasteiger partial charge in [0.05, 0.1) is 10.6 Å². The SMILES string of the molecule is CCOC1(C(Cc2nc(C)cs2)NC)CCCC(C)C1. The van der Waals surface area contributed by atoms with Crippen LogP contribution in [-0.4, -0.2) is 30.3 Å². The number of nitrogens with one attached hydrogen (secondary N) is 1. The monoisotopic (exact) mass is 296 g/mol. The predicted molar refractivity (Wildman–Crippen MR) is 85.4 cm³/mol.